The number of phenols is 1. The van der Waals surface area contributed by atoms with E-state index in [9.17, 15) is 9.90 Å². The molecule has 0 aromatic heterocycles. The van der Waals surface area contributed by atoms with Crippen LogP contribution in [0.2, 0.25) is 0 Å². The first-order valence-electron chi connectivity index (χ1n) is 7.88. The molecule has 5 nitrogen and oxygen atoms in total. The van der Waals surface area contributed by atoms with E-state index < -0.39 is 5.60 Å². The van der Waals surface area contributed by atoms with Crippen LogP contribution in [-0.4, -0.2) is 28.9 Å². The number of hydrogen-bond donors (Lipinski definition) is 3. The van der Waals surface area contributed by atoms with Crippen LogP contribution < -0.4 is 10.6 Å². The molecule has 0 spiro atoms. The van der Waals surface area contributed by atoms with Crippen LogP contribution in [0.5, 0.6) is 5.75 Å². The van der Waals surface area contributed by atoms with Crippen molar-refractivity contribution < 1.29 is 14.6 Å². The Labute approximate surface area is 145 Å². The summed E-state index contributed by atoms with van der Waals surface area (Å²) in [5, 5.41) is 16.2. The van der Waals surface area contributed by atoms with Gasteiger partial charge in [0.15, 0.2) is 0 Å². The molecule has 1 aromatic rings. The number of rotatable bonds is 5. The number of halogens is 1. The highest BCUT2D eigenvalue weighted by molar-refractivity contribution is 9.10. The quantitative estimate of drug-likeness (QED) is 0.723. The third-order valence-corrected chi connectivity index (χ3v) is 4.39. The van der Waals surface area contributed by atoms with Crippen molar-refractivity contribution in [3.8, 4) is 5.75 Å². The summed E-state index contributed by atoms with van der Waals surface area (Å²) in [5.41, 5.74) is 0.0836. The lowest BCUT2D eigenvalue weighted by Gasteiger charge is -2.42. The topological polar surface area (TPSA) is 70.6 Å². The normalized spacial score (nSPS) is 16.5. The van der Waals surface area contributed by atoms with E-state index in [1.54, 1.807) is 12.1 Å². The second-order valence-corrected chi connectivity index (χ2v) is 8.05. The van der Waals surface area contributed by atoms with Crippen LogP contribution in [0.25, 0.3) is 0 Å². The summed E-state index contributed by atoms with van der Waals surface area (Å²) in [6.07, 6.45) is 2.59. The summed E-state index contributed by atoms with van der Waals surface area (Å²) < 4.78 is 6.27. The molecular formula is C17H25BrN2O3. The molecule has 0 aliphatic heterocycles. The van der Waals surface area contributed by atoms with E-state index in [-0.39, 0.29) is 17.4 Å². The van der Waals surface area contributed by atoms with Gasteiger partial charge in [0.1, 0.15) is 11.4 Å². The average Bonchev–Trinajstić information content (AvgIpc) is 2.37. The Balaban J connectivity index is 1.87. The molecule has 0 saturated heterocycles. The van der Waals surface area contributed by atoms with E-state index in [2.05, 4.69) is 26.6 Å². The molecule has 2 rings (SSSR count). The first kappa shape index (κ1) is 18.1. The van der Waals surface area contributed by atoms with E-state index in [1.165, 1.54) is 0 Å². The third kappa shape index (κ3) is 5.39. The molecule has 1 saturated carbocycles. The van der Waals surface area contributed by atoms with Crippen LogP contribution in [0.1, 0.15) is 45.6 Å². The minimum Gasteiger partial charge on any atom is -0.508 e. The second kappa shape index (κ2) is 7.09. The fraction of sp³-hybridized carbons (Fsp3) is 0.588. The Bertz CT molecular complexity index is 565. The zero-order valence-electron chi connectivity index (χ0n) is 13.9. The summed E-state index contributed by atoms with van der Waals surface area (Å²) >= 11 is 3.40. The SMILES string of the molecule is CC(C)(C)OC(=O)NC1(CNCc2cc(Br)ccc2O)CCC1. The zero-order chi connectivity index (χ0) is 17.1. The van der Waals surface area contributed by atoms with Gasteiger partial charge in [-0.2, -0.15) is 0 Å². The Hall–Kier alpha value is -1.27. The number of phenolic OH excluding ortho intramolecular Hbond substituents is 1. The lowest BCUT2D eigenvalue weighted by molar-refractivity contribution is 0.0382. The molecule has 128 valence electrons. The van der Waals surface area contributed by atoms with Crippen molar-refractivity contribution in [2.45, 2.75) is 57.7 Å². The van der Waals surface area contributed by atoms with Crippen molar-refractivity contribution >= 4 is 22.0 Å². The van der Waals surface area contributed by atoms with Crippen molar-refractivity contribution in [1.82, 2.24) is 10.6 Å². The highest BCUT2D eigenvalue weighted by Gasteiger charge is 2.39. The Morgan fingerprint density at radius 2 is 2.09 bits per heavy atom. The van der Waals surface area contributed by atoms with Crippen LogP contribution in [0.4, 0.5) is 4.79 Å². The van der Waals surface area contributed by atoms with Crippen molar-refractivity contribution in [3.05, 3.63) is 28.2 Å². The summed E-state index contributed by atoms with van der Waals surface area (Å²) in [5.74, 6) is 0.267. The molecular weight excluding hydrogens is 360 g/mol. The molecule has 1 aliphatic carbocycles. The number of alkyl carbamates (subject to hydrolysis) is 1. The molecule has 23 heavy (non-hydrogen) atoms. The van der Waals surface area contributed by atoms with Gasteiger partial charge in [0.05, 0.1) is 5.54 Å². The van der Waals surface area contributed by atoms with E-state index in [0.717, 1.165) is 29.3 Å². The van der Waals surface area contributed by atoms with Crippen molar-refractivity contribution in [2.75, 3.05) is 6.54 Å². The van der Waals surface area contributed by atoms with Crippen molar-refractivity contribution in [3.63, 3.8) is 0 Å². The van der Waals surface area contributed by atoms with E-state index >= 15 is 0 Å². The van der Waals surface area contributed by atoms with Gasteiger partial charge in [0, 0.05) is 23.1 Å². The summed E-state index contributed by atoms with van der Waals surface area (Å²) in [7, 11) is 0. The predicted molar refractivity (Wildman–Crippen MR) is 93.5 cm³/mol. The molecule has 0 radical (unpaired) electrons. The number of carbonyl (C=O) groups excluding carboxylic acids is 1. The first-order valence-corrected chi connectivity index (χ1v) is 8.68. The largest absolute Gasteiger partial charge is 0.508 e. The van der Waals surface area contributed by atoms with Gasteiger partial charge in [0.2, 0.25) is 0 Å². The lowest BCUT2D eigenvalue weighted by Crippen LogP contribution is -2.59. The molecule has 6 heteroatoms. The third-order valence-electron chi connectivity index (χ3n) is 3.90. The fourth-order valence-electron chi connectivity index (χ4n) is 2.60. The Morgan fingerprint density at radius 3 is 2.65 bits per heavy atom. The maximum Gasteiger partial charge on any atom is 0.408 e. The molecule has 3 N–H and O–H groups in total. The lowest BCUT2D eigenvalue weighted by atomic mass is 9.76. The molecule has 1 aliphatic rings. The highest BCUT2D eigenvalue weighted by atomic mass is 79.9. The minimum atomic E-state index is -0.495. The summed E-state index contributed by atoms with van der Waals surface area (Å²) in [4.78, 5) is 12.0. The van der Waals surface area contributed by atoms with Gasteiger partial charge in [-0.15, -0.1) is 0 Å². The average molecular weight is 385 g/mol. The molecule has 1 fully saturated rings. The van der Waals surface area contributed by atoms with Gasteiger partial charge in [0.25, 0.3) is 0 Å². The first-order chi connectivity index (χ1) is 10.7. The summed E-state index contributed by atoms with van der Waals surface area (Å²) in [6.45, 7) is 6.76. The standard InChI is InChI=1S/C17H25BrN2O3/c1-16(2,3)23-15(22)20-17(7-4-8-17)11-19-10-12-9-13(18)5-6-14(12)21/h5-6,9,19,21H,4,7-8,10-11H2,1-3H3,(H,20,22). The molecule has 0 atom stereocenters. The molecule has 0 bridgehead atoms. The van der Waals surface area contributed by atoms with Gasteiger partial charge in [-0.05, 0) is 58.2 Å². The van der Waals surface area contributed by atoms with Gasteiger partial charge < -0.3 is 20.5 Å². The maximum absolute atomic E-state index is 12.0. The summed E-state index contributed by atoms with van der Waals surface area (Å²) in [6, 6.07) is 5.35. The van der Waals surface area contributed by atoms with Crippen molar-refractivity contribution in [2.24, 2.45) is 0 Å². The molecule has 0 heterocycles. The van der Waals surface area contributed by atoms with Crippen molar-refractivity contribution in [1.29, 1.82) is 0 Å². The number of hydrogen-bond acceptors (Lipinski definition) is 4. The smallest absolute Gasteiger partial charge is 0.408 e. The zero-order valence-corrected chi connectivity index (χ0v) is 15.5. The van der Waals surface area contributed by atoms with E-state index in [4.69, 9.17) is 4.74 Å². The Kier molecular flexibility index (Phi) is 5.57. The molecule has 1 amide bonds. The van der Waals surface area contributed by atoms with Gasteiger partial charge in [-0.25, -0.2) is 4.79 Å². The van der Waals surface area contributed by atoms with Gasteiger partial charge in [-0.1, -0.05) is 15.9 Å². The van der Waals surface area contributed by atoms with Gasteiger partial charge >= 0.3 is 6.09 Å². The van der Waals surface area contributed by atoms with Crippen LogP contribution in [0.15, 0.2) is 22.7 Å². The second-order valence-electron chi connectivity index (χ2n) is 7.14. The van der Waals surface area contributed by atoms with Crippen LogP contribution >= 0.6 is 15.9 Å². The van der Waals surface area contributed by atoms with Crippen LogP contribution in [-0.2, 0) is 11.3 Å². The number of carbonyl (C=O) groups is 1. The molecule has 0 unspecified atom stereocenters. The Morgan fingerprint density at radius 1 is 1.39 bits per heavy atom. The number of nitrogens with one attached hydrogen (secondary N) is 2. The maximum atomic E-state index is 12.0. The monoisotopic (exact) mass is 384 g/mol. The number of aromatic hydroxyl groups is 1. The predicted octanol–water partition coefficient (Wildman–Crippen LogP) is 3.69. The van der Waals surface area contributed by atoms with Gasteiger partial charge in [-0.3, -0.25) is 0 Å². The van der Waals surface area contributed by atoms with Crippen LogP contribution in [0, 0.1) is 0 Å². The fourth-order valence-corrected chi connectivity index (χ4v) is 3.01. The highest BCUT2D eigenvalue weighted by Crippen LogP contribution is 2.32. The van der Waals surface area contributed by atoms with E-state index in [1.807, 2.05) is 26.8 Å². The minimum absolute atomic E-state index is 0.246. The van der Waals surface area contributed by atoms with E-state index in [0.29, 0.717) is 13.1 Å². The van der Waals surface area contributed by atoms with Crippen LogP contribution in [0.3, 0.4) is 0 Å². The number of benzene rings is 1. The molecule has 1 aromatic carbocycles. The number of ether oxygens (including phenoxy) is 1. The number of amides is 1.